The Morgan fingerprint density at radius 1 is 0.846 bits per heavy atom. The first-order chi connectivity index (χ1) is 10.6. The van der Waals surface area contributed by atoms with Gasteiger partial charge in [0.25, 0.3) is 0 Å². The summed E-state index contributed by atoms with van der Waals surface area (Å²) < 4.78 is 0. The molecule has 0 aromatic heterocycles. The molecule has 12 nitrogen and oxygen atoms in total. The summed E-state index contributed by atoms with van der Waals surface area (Å²) in [6.45, 7) is 1.75. The van der Waals surface area contributed by atoms with Crippen molar-refractivity contribution in [3.63, 3.8) is 0 Å². The molecule has 7 N–H and O–H groups in total. The third-order valence-electron chi connectivity index (χ3n) is 2.53. The summed E-state index contributed by atoms with van der Waals surface area (Å²) in [6, 6.07) is 0. The average Bonchev–Trinajstić information content (AvgIpc) is 2.38. The maximum atomic E-state index is 10.3. The van der Waals surface area contributed by atoms with Gasteiger partial charge in [-0.05, 0) is 0 Å². The van der Waals surface area contributed by atoms with Gasteiger partial charge in [-0.2, -0.15) is 0 Å². The first-order valence-corrected chi connectivity index (χ1v) is 6.55. The summed E-state index contributed by atoms with van der Waals surface area (Å²) in [6.07, 6.45) is -2.44. The summed E-state index contributed by atoms with van der Waals surface area (Å²) in [5.41, 5.74) is -2.80. The van der Waals surface area contributed by atoms with Gasteiger partial charge in [0.1, 0.15) is 0 Å². The minimum absolute atomic E-state index is 0. The average molecular weight is 403 g/mol. The third kappa shape index (κ3) is 20.5. The van der Waals surface area contributed by atoms with Gasteiger partial charge in [0.15, 0.2) is 5.60 Å². The van der Waals surface area contributed by atoms with E-state index in [4.69, 9.17) is 30.6 Å². The molecule has 0 amide bonds. The largest absolute Gasteiger partial charge is 1.00 e. The third-order valence-corrected chi connectivity index (χ3v) is 2.53. The predicted octanol–water partition coefficient (Wildman–Crippen LogP) is -10.5. The molecule has 1 unspecified atom stereocenters. The first kappa shape index (κ1) is 37.0. The zero-order valence-electron chi connectivity index (χ0n) is 14.9. The molecule has 14 heteroatoms. The molecular formula is C12H23NNa2O11. The van der Waals surface area contributed by atoms with Crippen molar-refractivity contribution in [2.75, 3.05) is 39.5 Å². The molecule has 26 heavy (non-hydrogen) atoms. The maximum absolute atomic E-state index is 10.3. The molecule has 0 spiro atoms. The number of aliphatic carboxylic acids is 3. The fourth-order valence-corrected chi connectivity index (χ4v) is 1.46. The minimum atomic E-state index is -2.80. The van der Waals surface area contributed by atoms with Crippen molar-refractivity contribution < 1.29 is 115 Å². The van der Waals surface area contributed by atoms with E-state index in [0.29, 0.717) is 19.6 Å². The molecule has 1 atom stereocenters. The van der Waals surface area contributed by atoms with Crippen molar-refractivity contribution in [3.05, 3.63) is 0 Å². The number of nitrogens with zero attached hydrogens (tertiary/aromatic N) is 1. The molecule has 144 valence electrons. The van der Waals surface area contributed by atoms with Gasteiger partial charge >= 0.3 is 71.1 Å². The summed E-state index contributed by atoms with van der Waals surface area (Å²) in [4.78, 5) is 32.1. The van der Waals surface area contributed by atoms with Crippen LogP contribution in [0.3, 0.4) is 0 Å². The monoisotopic (exact) mass is 403 g/mol. The summed E-state index contributed by atoms with van der Waals surface area (Å²) in [7, 11) is 0. The molecule has 0 aliphatic carbocycles. The number of aliphatic hydroxyl groups is 4. The fourth-order valence-electron chi connectivity index (χ4n) is 1.46. The number of hydrogen-bond donors (Lipinski definition) is 6. The van der Waals surface area contributed by atoms with Gasteiger partial charge < -0.3 is 46.0 Å². The van der Waals surface area contributed by atoms with Gasteiger partial charge in [0.2, 0.25) is 0 Å². The van der Waals surface area contributed by atoms with Crippen LogP contribution in [-0.4, -0.2) is 104 Å². The molecule has 0 aliphatic heterocycles. The molecule has 0 heterocycles. The number of rotatable bonds is 11. The minimum Gasteiger partial charge on any atom is -0.870 e. The molecule has 0 saturated carbocycles. The van der Waals surface area contributed by atoms with E-state index in [1.807, 2.05) is 0 Å². The number of carboxylic acid groups (broad SMARTS) is 3. The van der Waals surface area contributed by atoms with Crippen LogP contribution < -0.4 is 64.2 Å². The first-order valence-electron chi connectivity index (χ1n) is 6.55. The van der Waals surface area contributed by atoms with Gasteiger partial charge in [-0.25, -0.2) is 4.79 Å². The zero-order valence-corrected chi connectivity index (χ0v) is 18.9. The van der Waals surface area contributed by atoms with Crippen LogP contribution in [0.25, 0.3) is 0 Å². The SMILES string of the molecule is O=C([O-])CC(O)(CC(=O)O)C(=O)O.OCCN(CCO)CCO.[Na+].[Na+].[OH-]. The second-order valence-corrected chi connectivity index (χ2v) is 4.47. The van der Waals surface area contributed by atoms with Crippen LogP contribution in [0, 0.1) is 0 Å². The Bertz CT molecular complexity index is 354. The Morgan fingerprint density at radius 2 is 1.19 bits per heavy atom. The number of hydrogen-bond acceptors (Lipinski definition) is 10. The molecule has 0 aromatic rings. The Kier molecular flexibility index (Phi) is 30.5. The topological polar surface area (TPSA) is 229 Å². The summed E-state index contributed by atoms with van der Waals surface area (Å²) in [5, 5.41) is 61.0. The second kappa shape index (κ2) is 21.5. The zero-order chi connectivity index (χ0) is 18.5. The van der Waals surface area contributed by atoms with Crippen LogP contribution in [0.1, 0.15) is 12.8 Å². The quantitative estimate of drug-likeness (QED) is 0.177. The number of carbonyl (C=O) groups is 3. The van der Waals surface area contributed by atoms with Crippen molar-refractivity contribution in [2.24, 2.45) is 0 Å². The van der Waals surface area contributed by atoms with Crippen LogP contribution in [0.2, 0.25) is 0 Å². The van der Waals surface area contributed by atoms with E-state index in [-0.39, 0.29) is 84.4 Å². The smallest absolute Gasteiger partial charge is 0.870 e. The Labute approximate surface area is 194 Å². The van der Waals surface area contributed by atoms with Crippen molar-refractivity contribution in [1.82, 2.24) is 4.90 Å². The molecule has 0 bridgehead atoms. The maximum Gasteiger partial charge on any atom is 1.00 e. The molecule has 0 fully saturated rings. The Balaban J connectivity index is -0.000000104. The molecule has 0 radical (unpaired) electrons. The van der Waals surface area contributed by atoms with Crippen LogP contribution >= 0.6 is 0 Å². The standard InChI is InChI=1S/C6H15NO3.C6H8O7.2Na.H2O/c8-4-1-7(2-5-9)3-6-10;7-3(8)1-6(13,5(11)12)2-4(9)10;;;/h8-10H,1-6H2;13H,1-2H2,(H,7,8)(H,9,10)(H,11,12);;;1H2/q;;2*+1;/p-2. The Hall–Kier alpha value is 0.170. The van der Waals surface area contributed by atoms with Gasteiger partial charge in [-0.3, -0.25) is 9.69 Å². The van der Waals surface area contributed by atoms with E-state index in [0.717, 1.165) is 0 Å². The van der Waals surface area contributed by atoms with Crippen molar-refractivity contribution in [2.45, 2.75) is 18.4 Å². The van der Waals surface area contributed by atoms with Crippen LogP contribution in [0.5, 0.6) is 0 Å². The van der Waals surface area contributed by atoms with E-state index < -0.39 is 36.4 Å². The number of carbonyl (C=O) groups excluding carboxylic acids is 1. The normalized spacial score (nSPS) is 11.4. The van der Waals surface area contributed by atoms with E-state index in [1.54, 1.807) is 4.90 Å². The van der Waals surface area contributed by atoms with E-state index in [2.05, 4.69) is 0 Å². The fraction of sp³-hybridized carbons (Fsp3) is 0.750. The van der Waals surface area contributed by atoms with E-state index >= 15 is 0 Å². The van der Waals surface area contributed by atoms with Gasteiger partial charge in [0, 0.05) is 32.0 Å². The Morgan fingerprint density at radius 3 is 1.38 bits per heavy atom. The summed E-state index contributed by atoms with van der Waals surface area (Å²) >= 11 is 0. The second-order valence-electron chi connectivity index (χ2n) is 4.47. The molecule has 0 saturated heterocycles. The van der Waals surface area contributed by atoms with Crippen LogP contribution in [-0.2, 0) is 14.4 Å². The summed E-state index contributed by atoms with van der Waals surface area (Å²) in [5.74, 6) is -5.34. The van der Waals surface area contributed by atoms with Crippen molar-refractivity contribution in [3.8, 4) is 0 Å². The van der Waals surface area contributed by atoms with Crippen LogP contribution in [0.15, 0.2) is 0 Å². The van der Waals surface area contributed by atoms with E-state index in [9.17, 15) is 19.5 Å². The van der Waals surface area contributed by atoms with Crippen molar-refractivity contribution in [1.29, 1.82) is 0 Å². The molecule has 0 rings (SSSR count). The number of carboxylic acids is 3. The van der Waals surface area contributed by atoms with Crippen LogP contribution in [0.4, 0.5) is 0 Å². The van der Waals surface area contributed by atoms with Gasteiger partial charge in [-0.1, -0.05) is 0 Å². The molecule has 0 aromatic carbocycles. The van der Waals surface area contributed by atoms with Gasteiger partial charge in [0.05, 0.1) is 26.2 Å². The predicted molar refractivity (Wildman–Crippen MR) is 74.1 cm³/mol. The van der Waals surface area contributed by atoms with Crippen molar-refractivity contribution >= 4 is 17.9 Å². The number of aliphatic hydroxyl groups excluding tert-OH is 3. The molecular weight excluding hydrogens is 380 g/mol. The molecule has 0 aliphatic rings. The van der Waals surface area contributed by atoms with E-state index in [1.165, 1.54) is 0 Å². The van der Waals surface area contributed by atoms with Gasteiger partial charge in [-0.15, -0.1) is 0 Å².